The van der Waals surface area contributed by atoms with E-state index in [2.05, 4.69) is 22.0 Å². The van der Waals surface area contributed by atoms with Gasteiger partial charge in [0.2, 0.25) is 12.4 Å². The number of aromatic nitrogens is 1. The van der Waals surface area contributed by atoms with E-state index in [1.165, 1.54) is 11.6 Å². The SMILES string of the molecule is O=C(c1cccc(=O)[nH]1)N1C[C@H](c2ccc3c(c2)OCO3)[C@H]2[C@@H]1C1CCN2CC1. The molecule has 1 N–H and O–H groups in total. The molecule has 5 aliphatic heterocycles. The summed E-state index contributed by atoms with van der Waals surface area (Å²) in [5, 5.41) is 0. The Hall–Kier alpha value is -2.80. The van der Waals surface area contributed by atoms with Crippen LogP contribution in [0.4, 0.5) is 0 Å². The van der Waals surface area contributed by atoms with Crippen molar-refractivity contribution in [3.8, 4) is 11.5 Å². The first-order chi connectivity index (χ1) is 14.2. The van der Waals surface area contributed by atoms with Crippen LogP contribution in [0, 0.1) is 5.92 Å². The number of ether oxygens (including phenoxy) is 2. The van der Waals surface area contributed by atoms with Gasteiger partial charge in [-0.3, -0.25) is 14.5 Å². The van der Waals surface area contributed by atoms with Crippen molar-refractivity contribution in [3.63, 3.8) is 0 Å². The van der Waals surface area contributed by atoms with Gasteiger partial charge in [-0.2, -0.15) is 0 Å². The van der Waals surface area contributed by atoms with E-state index in [-0.39, 0.29) is 30.2 Å². The van der Waals surface area contributed by atoms with Crippen molar-refractivity contribution in [2.45, 2.75) is 30.8 Å². The normalized spacial score (nSPS) is 31.7. The van der Waals surface area contributed by atoms with Crippen LogP contribution in [0.2, 0.25) is 0 Å². The highest BCUT2D eigenvalue weighted by Crippen LogP contribution is 2.48. The number of fused-ring (bicyclic) bond motifs is 3. The van der Waals surface area contributed by atoms with E-state index >= 15 is 0 Å². The molecule has 7 heteroatoms. The third kappa shape index (κ3) is 2.60. The quantitative estimate of drug-likeness (QED) is 0.842. The standard InChI is InChI=1S/C22H23N3O4/c26-19-3-1-2-16(23-19)22(27)25-11-15(14-4-5-17-18(10-14)29-12-28-17)21-20(25)13-6-8-24(21)9-7-13/h1-5,10,13,15,20-21H,6-9,11-12H2,(H,23,26)/t15-,20+,21+/m1/s1. The lowest BCUT2D eigenvalue weighted by Gasteiger charge is -2.51. The third-order valence-corrected chi connectivity index (χ3v) is 7.08. The lowest BCUT2D eigenvalue weighted by atomic mass is 9.75. The van der Waals surface area contributed by atoms with E-state index in [1.807, 2.05) is 11.0 Å². The summed E-state index contributed by atoms with van der Waals surface area (Å²) in [6.07, 6.45) is 2.26. The van der Waals surface area contributed by atoms with Gasteiger partial charge in [0.1, 0.15) is 5.69 Å². The minimum atomic E-state index is -0.243. The number of pyridine rings is 1. The van der Waals surface area contributed by atoms with Crippen molar-refractivity contribution >= 4 is 5.91 Å². The molecule has 6 heterocycles. The predicted molar refractivity (Wildman–Crippen MR) is 105 cm³/mol. The zero-order valence-corrected chi connectivity index (χ0v) is 16.0. The highest BCUT2D eigenvalue weighted by molar-refractivity contribution is 5.93. The number of rotatable bonds is 2. The molecule has 1 aromatic carbocycles. The van der Waals surface area contributed by atoms with Gasteiger partial charge in [0.05, 0.1) is 6.04 Å². The summed E-state index contributed by atoms with van der Waals surface area (Å²) in [7, 11) is 0. The van der Waals surface area contributed by atoms with Crippen LogP contribution < -0.4 is 15.0 Å². The van der Waals surface area contributed by atoms with Crippen molar-refractivity contribution in [1.29, 1.82) is 0 Å². The van der Waals surface area contributed by atoms with Crippen LogP contribution in [-0.2, 0) is 0 Å². The topological polar surface area (TPSA) is 74.9 Å². The molecule has 2 aromatic rings. The number of hydrogen-bond donors (Lipinski definition) is 1. The molecule has 4 fully saturated rings. The molecule has 2 bridgehead atoms. The largest absolute Gasteiger partial charge is 0.454 e. The Morgan fingerprint density at radius 3 is 2.69 bits per heavy atom. The van der Waals surface area contributed by atoms with Gasteiger partial charge < -0.3 is 19.4 Å². The zero-order chi connectivity index (χ0) is 19.5. The van der Waals surface area contributed by atoms with Crippen LogP contribution in [0.15, 0.2) is 41.2 Å². The maximum Gasteiger partial charge on any atom is 0.270 e. The Bertz CT molecular complexity index is 1030. The summed E-state index contributed by atoms with van der Waals surface area (Å²) < 4.78 is 11.1. The van der Waals surface area contributed by atoms with Crippen molar-refractivity contribution < 1.29 is 14.3 Å². The van der Waals surface area contributed by atoms with Crippen molar-refractivity contribution in [2.75, 3.05) is 26.4 Å². The monoisotopic (exact) mass is 393 g/mol. The van der Waals surface area contributed by atoms with Gasteiger partial charge in [-0.05, 0) is 55.6 Å². The number of nitrogens with zero attached hydrogens (tertiary/aromatic N) is 2. The van der Waals surface area contributed by atoms with Crippen molar-refractivity contribution in [2.24, 2.45) is 5.92 Å². The molecule has 0 saturated carbocycles. The molecule has 0 aliphatic carbocycles. The molecule has 7 rings (SSSR count). The average Bonchev–Trinajstić information content (AvgIpc) is 3.39. The van der Waals surface area contributed by atoms with E-state index in [0.717, 1.165) is 37.4 Å². The number of benzene rings is 1. The van der Waals surface area contributed by atoms with Gasteiger partial charge in [0.25, 0.3) is 5.91 Å². The summed E-state index contributed by atoms with van der Waals surface area (Å²) in [4.78, 5) is 32.4. The minimum Gasteiger partial charge on any atom is -0.454 e. The smallest absolute Gasteiger partial charge is 0.270 e. The second-order valence-corrected chi connectivity index (χ2v) is 8.46. The summed E-state index contributed by atoms with van der Waals surface area (Å²) in [6, 6.07) is 11.4. The number of H-pyrrole nitrogens is 1. The molecule has 0 radical (unpaired) electrons. The highest BCUT2D eigenvalue weighted by atomic mass is 16.7. The Balaban J connectivity index is 1.39. The molecular formula is C22H23N3O4. The molecule has 29 heavy (non-hydrogen) atoms. The van der Waals surface area contributed by atoms with Crippen LogP contribution in [0.3, 0.4) is 0 Å². The van der Waals surface area contributed by atoms with E-state index < -0.39 is 0 Å². The Labute approximate surface area is 168 Å². The van der Waals surface area contributed by atoms with Gasteiger partial charge in [0.15, 0.2) is 11.5 Å². The number of hydrogen-bond acceptors (Lipinski definition) is 5. The fourth-order valence-electron chi connectivity index (χ4n) is 5.82. The first-order valence-electron chi connectivity index (χ1n) is 10.3. The zero-order valence-electron chi connectivity index (χ0n) is 16.0. The van der Waals surface area contributed by atoms with Crippen LogP contribution >= 0.6 is 0 Å². The summed E-state index contributed by atoms with van der Waals surface area (Å²) in [5.41, 5.74) is 1.32. The molecular weight excluding hydrogens is 370 g/mol. The van der Waals surface area contributed by atoms with Gasteiger partial charge in [-0.25, -0.2) is 0 Å². The number of nitrogens with one attached hydrogen (secondary N) is 1. The number of likely N-dealkylation sites (tertiary alicyclic amines) is 1. The third-order valence-electron chi connectivity index (χ3n) is 7.08. The number of carbonyl (C=O) groups is 1. The molecule has 150 valence electrons. The number of amides is 1. The van der Waals surface area contributed by atoms with Gasteiger partial charge in [-0.15, -0.1) is 0 Å². The summed E-state index contributed by atoms with van der Waals surface area (Å²) in [5.74, 6) is 2.23. The fraction of sp³-hybridized carbons (Fsp3) is 0.455. The molecule has 5 aliphatic rings. The first-order valence-corrected chi connectivity index (χ1v) is 10.3. The summed E-state index contributed by atoms with van der Waals surface area (Å²) in [6.45, 7) is 3.10. The van der Waals surface area contributed by atoms with Gasteiger partial charge in [0, 0.05) is 24.6 Å². The van der Waals surface area contributed by atoms with Crippen LogP contribution in [-0.4, -0.2) is 59.2 Å². The Kier molecular flexibility index (Phi) is 3.74. The molecule has 1 amide bonds. The van der Waals surface area contributed by atoms with Crippen LogP contribution in [0.1, 0.15) is 34.8 Å². The highest BCUT2D eigenvalue weighted by Gasteiger charge is 2.54. The lowest BCUT2D eigenvalue weighted by molar-refractivity contribution is -0.00359. The van der Waals surface area contributed by atoms with Crippen LogP contribution in [0.25, 0.3) is 0 Å². The summed E-state index contributed by atoms with van der Waals surface area (Å²) >= 11 is 0. The van der Waals surface area contributed by atoms with Gasteiger partial charge in [-0.1, -0.05) is 12.1 Å². The predicted octanol–water partition coefficient (Wildman–Crippen LogP) is 1.81. The fourth-order valence-corrected chi connectivity index (χ4v) is 5.82. The average molecular weight is 393 g/mol. The number of aromatic amines is 1. The first kappa shape index (κ1) is 17.1. The van der Waals surface area contributed by atoms with Crippen molar-refractivity contribution in [1.82, 2.24) is 14.8 Å². The maximum atomic E-state index is 13.4. The molecule has 0 unspecified atom stereocenters. The second-order valence-electron chi connectivity index (χ2n) is 8.46. The number of piperidine rings is 3. The maximum absolute atomic E-state index is 13.4. The Morgan fingerprint density at radius 2 is 1.86 bits per heavy atom. The number of carbonyl (C=O) groups excluding carboxylic acids is 1. The van der Waals surface area contributed by atoms with Crippen LogP contribution in [0.5, 0.6) is 11.5 Å². The second kappa shape index (κ2) is 6.35. The molecule has 4 saturated heterocycles. The van der Waals surface area contributed by atoms with Crippen molar-refractivity contribution in [3.05, 3.63) is 58.0 Å². The van der Waals surface area contributed by atoms with E-state index in [4.69, 9.17) is 9.47 Å². The molecule has 1 aromatic heterocycles. The van der Waals surface area contributed by atoms with E-state index in [1.54, 1.807) is 12.1 Å². The molecule has 0 spiro atoms. The molecule has 7 nitrogen and oxygen atoms in total. The lowest BCUT2D eigenvalue weighted by Crippen LogP contribution is -2.60. The van der Waals surface area contributed by atoms with Gasteiger partial charge >= 0.3 is 0 Å². The molecule has 3 atom stereocenters. The van der Waals surface area contributed by atoms with E-state index in [9.17, 15) is 9.59 Å². The minimum absolute atomic E-state index is 0.0744. The van der Waals surface area contributed by atoms with E-state index in [0.29, 0.717) is 24.2 Å². The Morgan fingerprint density at radius 1 is 1.03 bits per heavy atom.